The summed E-state index contributed by atoms with van der Waals surface area (Å²) in [6, 6.07) is 0. The number of imide groups is 1. The molecule has 0 radical (unpaired) electrons. The average molecular weight is 359 g/mol. The summed E-state index contributed by atoms with van der Waals surface area (Å²) in [6.07, 6.45) is 2.08. The third kappa shape index (κ3) is 12.5. The standard InChI is InChI=1S/C12H19NO5.C6H14O/c1-9(2)5-7-17-8-6-12(16)18-13-10(14)3-4-11(13)15;1-6(2,3)4-5-7/h9H,3-8H2,1-2H3;7H,4-5H2,1-3H3. The number of ether oxygens (including phenoxy) is 1. The Hall–Kier alpha value is -1.47. The summed E-state index contributed by atoms with van der Waals surface area (Å²) in [5, 5.41) is 8.95. The van der Waals surface area contributed by atoms with Crippen LogP contribution < -0.4 is 0 Å². The number of nitrogens with zero attached hydrogens (tertiary/aromatic N) is 1. The Balaban J connectivity index is 0.000000697. The van der Waals surface area contributed by atoms with E-state index in [0.29, 0.717) is 29.6 Å². The summed E-state index contributed by atoms with van der Waals surface area (Å²) in [4.78, 5) is 38.4. The van der Waals surface area contributed by atoms with Gasteiger partial charge in [-0.1, -0.05) is 34.6 Å². The van der Waals surface area contributed by atoms with Crippen molar-refractivity contribution < 1.29 is 29.1 Å². The van der Waals surface area contributed by atoms with E-state index >= 15 is 0 Å². The van der Waals surface area contributed by atoms with Crippen molar-refractivity contribution in [2.75, 3.05) is 19.8 Å². The van der Waals surface area contributed by atoms with Gasteiger partial charge in [-0.15, -0.1) is 5.06 Å². The molecule has 1 saturated heterocycles. The molecule has 1 aliphatic rings. The Morgan fingerprint density at radius 1 is 1.16 bits per heavy atom. The topological polar surface area (TPSA) is 93.1 Å². The summed E-state index contributed by atoms with van der Waals surface area (Å²) in [5.41, 5.74) is 0.300. The molecule has 1 N–H and O–H groups in total. The van der Waals surface area contributed by atoms with E-state index in [1.807, 2.05) is 0 Å². The number of aliphatic hydroxyl groups excluding tert-OH is 1. The van der Waals surface area contributed by atoms with Gasteiger partial charge in [0.2, 0.25) is 0 Å². The molecule has 7 nitrogen and oxygen atoms in total. The summed E-state index contributed by atoms with van der Waals surface area (Å²) in [5.74, 6) is -0.997. The van der Waals surface area contributed by atoms with Crippen LogP contribution in [-0.2, 0) is 24.0 Å². The van der Waals surface area contributed by atoms with Crippen LogP contribution in [0.1, 0.15) is 66.7 Å². The number of carbonyl (C=O) groups excluding carboxylic acids is 3. The Labute approximate surface area is 150 Å². The Morgan fingerprint density at radius 3 is 2.12 bits per heavy atom. The minimum Gasteiger partial charge on any atom is -0.396 e. The largest absolute Gasteiger partial charge is 0.396 e. The molecule has 7 heteroatoms. The van der Waals surface area contributed by atoms with Gasteiger partial charge < -0.3 is 14.7 Å². The molecule has 1 heterocycles. The van der Waals surface area contributed by atoms with Gasteiger partial charge in [0, 0.05) is 26.1 Å². The zero-order chi connectivity index (χ0) is 19.5. The molecule has 1 rings (SSSR count). The second kappa shape index (κ2) is 12.0. The van der Waals surface area contributed by atoms with Crippen molar-refractivity contribution in [3.05, 3.63) is 0 Å². The van der Waals surface area contributed by atoms with Crippen molar-refractivity contribution in [3.8, 4) is 0 Å². The average Bonchev–Trinajstić information content (AvgIpc) is 2.78. The van der Waals surface area contributed by atoms with E-state index in [1.54, 1.807) is 0 Å². The molecule has 0 aromatic rings. The molecule has 0 atom stereocenters. The van der Waals surface area contributed by atoms with Gasteiger partial charge in [-0.25, -0.2) is 4.79 Å². The first kappa shape index (κ1) is 23.5. The highest BCUT2D eigenvalue weighted by Crippen LogP contribution is 2.16. The van der Waals surface area contributed by atoms with Gasteiger partial charge >= 0.3 is 5.97 Å². The van der Waals surface area contributed by atoms with Crippen molar-refractivity contribution in [3.63, 3.8) is 0 Å². The molecule has 0 spiro atoms. The summed E-state index contributed by atoms with van der Waals surface area (Å²) in [7, 11) is 0. The number of aliphatic hydroxyl groups is 1. The smallest absolute Gasteiger partial charge is 0.335 e. The quantitative estimate of drug-likeness (QED) is 0.528. The third-order valence-corrected chi connectivity index (χ3v) is 3.35. The predicted molar refractivity (Wildman–Crippen MR) is 93.2 cm³/mol. The first-order chi connectivity index (χ1) is 11.6. The zero-order valence-corrected chi connectivity index (χ0v) is 16.2. The molecule has 25 heavy (non-hydrogen) atoms. The second-order valence-electron chi connectivity index (χ2n) is 7.62. The molecular formula is C18H33NO6. The van der Waals surface area contributed by atoms with Gasteiger partial charge in [0.05, 0.1) is 13.0 Å². The number of hydrogen-bond donors (Lipinski definition) is 1. The molecule has 0 unspecified atom stereocenters. The maximum atomic E-state index is 11.3. The predicted octanol–water partition coefficient (Wildman–Crippen LogP) is 2.46. The summed E-state index contributed by atoms with van der Waals surface area (Å²) >= 11 is 0. The van der Waals surface area contributed by atoms with Gasteiger partial charge in [0.25, 0.3) is 11.8 Å². The second-order valence-corrected chi connectivity index (χ2v) is 7.62. The minimum atomic E-state index is -0.622. The van der Waals surface area contributed by atoms with Crippen LogP contribution in [0, 0.1) is 11.3 Å². The molecule has 0 saturated carbocycles. The van der Waals surface area contributed by atoms with E-state index in [1.165, 1.54) is 0 Å². The number of amides is 2. The van der Waals surface area contributed by atoms with Crippen LogP contribution in [-0.4, -0.2) is 47.8 Å². The monoisotopic (exact) mass is 359 g/mol. The van der Waals surface area contributed by atoms with Gasteiger partial charge in [-0.05, 0) is 24.2 Å². The van der Waals surface area contributed by atoms with E-state index in [0.717, 1.165) is 12.8 Å². The molecule has 146 valence electrons. The van der Waals surface area contributed by atoms with Crippen LogP contribution in [0.3, 0.4) is 0 Å². The molecule has 1 aliphatic heterocycles. The van der Waals surface area contributed by atoms with E-state index < -0.39 is 17.8 Å². The highest BCUT2D eigenvalue weighted by atomic mass is 16.7. The van der Waals surface area contributed by atoms with E-state index in [4.69, 9.17) is 9.84 Å². The number of hydroxylamine groups is 2. The van der Waals surface area contributed by atoms with Gasteiger partial charge in [-0.2, -0.15) is 0 Å². The number of rotatable bonds is 8. The highest BCUT2D eigenvalue weighted by molar-refractivity contribution is 6.01. The SMILES string of the molecule is CC(C)(C)CCO.CC(C)CCOCCC(=O)ON1C(=O)CCC1=O. The molecule has 1 fully saturated rings. The maximum Gasteiger partial charge on any atom is 0.335 e. The molecular weight excluding hydrogens is 326 g/mol. The number of carbonyl (C=O) groups is 3. The summed E-state index contributed by atoms with van der Waals surface area (Å²) < 4.78 is 5.24. The highest BCUT2D eigenvalue weighted by Gasteiger charge is 2.32. The van der Waals surface area contributed by atoms with Crippen molar-refractivity contribution in [1.82, 2.24) is 5.06 Å². The lowest BCUT2D eigenvalue weighted by atomic mass is 9.93. The third-order valence-electron chi connectivity index (χ3n) is 3.35. The fourth-order valence-corrected chi connectivity index (χ4v) is 1.72. The Morgan fingerprint density at radius 2 is 1.72 bits per heavy atom. The maximum absolute atomic E-state index is 11.3. The molecule has 0 bridgehead atoms. The van der Waals surface area contributed by atoms with Crippen LogP contribution >= 0.6 is 0 Å². The first-order valence-electron chi connectivity index (χ1n) is 8.82. The molecule has 0 aromatic carbocycles. The van der Waals surface area contributed by atoms with Gasteiger partial charge in [0.15, 0.2) is 0 Å². The van der Waals surface area contributed by atoms with Gasteiger partial charge in [0.1, 0.15) is 0 Å². The fraction of sp³-hybridized carbons (Fsp3) is 0.833. The lowest BCUT2D eigenvalue weighted by Crippen LogP contribution is -2.32. The van der Waals surface area contributed by atoms with E-state index in [-0.39, 0.29) is 25.9 Å². The van der Waals surface area contributed by atoms with Crippen molar-refractivity contribution in [1.29, 1.82) is 0 Å². The Kier molecular flexibility index (Phi) is 11.3. The van der Waals surface area contributed by atoms with Gasteiger partial charge in [-0.3, -0.25) is 9.59 Å². The number of hydrogen-bond acceptors (Lipinski definition) is 6. The van der Waals surface area contributed by atoms with E-state index in [9.17, 15) is 14.4 Å². The van der Waals surface area contributed by atoms with Crippen molar-refractivity contribution in [2.45, 2.75) is 66.7 Å². The van der Waals surface area contributed by atoms with Crippen LogP contribution in [0.2, 0.25) is 0 Å². The van der Waals surface area contributed by atoms with E-state index in [2.05, 4.69) is 39.5 Å². The molecule has 0 aliphatic carbocycles. The Bertz CT molecular complexity index is 412. The van der Waals surface area contributed by atoms with Crippen LogP contribution in [0.4, 0.5) is 0 Å². The lowest BCUT2D eigenvalue weighted by molar-refractivity contribution is -0.198. The van der Waals surface area contributed by atoms with Crippen LogP contribution in [0.15, 0.2) is 0 Å². The minimum absolute atomic E-state index is 0.0369. The molecule has 0 aromatic heterocycles. The summed E-state index contributed by atoms with van der Waals surface area (Å²) in [6.45, 7) is 11.7. The first-order valence-corrected chi connectivity index (χ1v) is 8.82. The van der Waals surface area contributed by atoms with Crippen LogP contribution in [0.25, 0.3) is 0 Å². The van der Waals surface area contributed by atoms with Crippen molar-refractivity contribution in [2.24, 2.45) is 11.3 Å². The fourth-order valence-electron chi connectivity index (χ4n) is 1.72. The van der Waals surface area contributed by atoms with Crippen LogP contribution in [0.5, 0.6) is 0 Å². The lowest BCUT2D eigenvalue weighted by Gasteiger charge is -2.14. The van der Waals surface area contributed by atoms with Crippen molar-refractivity contribution >= 4 is 17.8 Å². The normalized spacial score (nSPS) is 14.6. The zero-order valence-electron chi connectivity index (χ0n) is 16.2. The molecule has 2 amide bonds.